The van der Waals surface area contributed by atoms with Gasteiger partial charge in [-0.3, -0.25) is 9.88 Å². The van der Waals surface area contributed by atoms with Gasteiger partial charge >= 0.3 is 0 Å². The van der Waals surface area contributed by atoms with Gasteiger partial charge in [0.25, 0.3) is 0 Å². The van der Waals surface area contributed by atoms with Crippen LogP contribution in [0.2, 0.25) is 0 Å². The Morgan fingerprint density at radius 1 is 1.44 bits per heavy atom. The highest BCUT2D eigenvalue weighted by atomic mass is 15.2. The second-order valence-electron chi connectivity index (χ2n) is 4.78. The zero-order valence-electron chi connectivity index (χ0n) is 10.4. The lowest BCUT2D eigenvalue weighted by atomic mass is 9.95. The quantitative estimate of drug-likeness (QED) is 0.773. The number of aryl methyl sites for hydroxylation is 1. The van der Waals surface area contributed by atoms with Crippen molar-refractivity contribution in [1.82, 2.24) is 9.88 Å². The van der Waals surface area contributed by atoms with Crippen molar-refractivity contribution in [1.29, 1.82) is 0 Å². The Bertz CT molecular complexity index is 333. The highest BCUT2D eigenvalue weighted by molar-refractivity contribution is 5.20. The summed E-state index contributed by atoms with van der Waals surface area (Å²) in [6, 6.07) is 5.07. The molecule has 2 nitrogen and oxygen atoms in total. The molecule has 1 aromatic heterocycles. The van der Waals surface area contributed by atoms with Gasteiger partial charge in [0.1, 0.15) is 0 Å². The van der Waals surface area contributed by atoms with Crippen LogP contribution >= 0.6 is 0 Å². The van der Waals surface area contributed by atoms with Crippen molar-refractivity contribution < 1.29 is 0 Å². The van der Waals surface area contributed by atoms with Crippen LogP contribution in [0, 0.1) is 6.92 Å². The van der Waals surface area contributed by atoms with E-state index in [2.05, 4.69) is 35.9 Å². The molecule has 0 aliphatic carbocycles. The second kappa shape index (κ2) is 5.44. The van der Waals surface area contributed by atoms with Gasteiger partial charge in [-0.25, -0.2) is 0 Å². The lowest BCUT2D eigenvalue weighted by Gasteiger charge is -2.35. The highest BCUT2D eigenvalue weighted by Gasteiger charge is 2.22. The molecular weight excluding hydrogens is 196 g/mol. The molecule has 16 heavy (non-hydrogen) atoms. The molecule has 88 valence electrons. The summed E-state index contributed by atoms with van der Waals surface area (Å²) in [7, 11) is 0. The number of hydrogen-bond donors (Lipinski definition) is 0. The van der Waals surface area contributed by atoms with E-state index in [1.54, 1.807) is 0 Å². The molecule has 0 saturated carbocycles. The Hall–Kier alpha value is -0.890. The van der Waals surface area contributed by atoms with Gasteiger partial charge in [-0.05, 0) is 57.0 Å². The fourth-order valence-corrected chi connectivity index (χ4v) is 2.70. The third-order valence-corrected chi connectivity index (χ3v) is 3.43. The van der Waals surface area contributed by atoms with Crippen molar-refractivity contribution in [2.45, 2.75) is 45.6 Å². The van der Waals surface area contributed by atoms with Gasteiger partial charge in [-0.15, -0.1) is 0 Å². The van der Waals surface area contributed by atoms with E-state index in [0.29, 0.717) is 6.04 Å². The van der Waals surface area contributed by atoms with Gasteiger partial charge in [0.2, 0.25) is 0 Å². The molecule has 2 rings (SSSR count). The smallest absolute Gasteiger partial charge is 0.0375 e. The van der Waals surface area contributed by atoms with E-state index >= 15 is 0 Å². The van der Waals surface area contributed by atoms with Crippen LogP contribution in [0.3, 0.4) is 0 Å². The van der Waals surface area contributed by atoms with Gasteiger partial charge < -0.3 is 0 Å². The molecule has 2 heteroatoms. The first-order chi connectivity index (χ1) is 7.81. The number of likely N-dealkylation sites (tertiary alicyclic amines) is 1. The number of pyridine rings is 1. The minimum Gasteiger partial charge on any atom is -0.296 e. The average molecular weight is 218 g/mol. The van der Waals surface area contributed by atoms with Gasteiger partial charge in [0.05, 0.1) is 0 Å². The summed E-state index contributed by atoms with van der Waals surface area (Å²) in [6.45, 7) is 6.84. The van der Waals surface area contributed by atoms with E-state index in [-0.39, 0.29) is 0 Å². The van der Waals surface area contributed by atoms with Crippen LogP contribution in [-0.2, 0) is 0 Å². The number of rotatable bonds is 3. The van der Waals surface area contributed by atoms with E-state index < -0.39 is 0 Å². The maximum absolute atomic E-state index is 4.29. The van der Waals surface area contributed by atoms with Crippen LogP contribution in [0.25, 0.3) is 0 Å². The van der Waals surface area contributed by atoms with Crippen molar-refractivity contribution in [3.63, 3.8) is 0 Å². The van der Waals surface area contributed by atoms with Crippen LogP contribution in [0.4, 0.5) is 0 Å². The highest BCUT2D eigenvalue weighted by Crippen LogP contribution is 2.30. The molecule has 0 radical (unpaired) electrons. The molecule has 2 heterocycles. The number of hydrogen-bond acceptors (Lipinski definition) is 2. The zero-order chi connectivity index (χ0) is 11.4. The predicted molar refractivity (Wildman–Crippen MR) is 67.4 cm³/mol. The molecular formula is C14H22N2. The van der Waals surface area contributed by atoms with Gasteiger partial charge in [0, 0.05) is 17.9 Å². The fourth-order valence-electron chi connectivity index (χ4n) is 2.70. The molecule has 0 N–H and O–H groups in total. The summed E-state index contributed by atoms with van der Waals surface area (Å²) in [6.07, 6.45) is 7.24. The molecule has 1 saturated heterocycles. The fraction of sp³-hybridized carbons (Fsp3) is 0.643. The Labute approximate surface area is 98.7 Å². The SMILES string of the molecule is CCCN1CCCC[C@@H]1c1ccnc(C)c1. The normalized spacial score (nSPS) is 22.2. The summed E-state index contributed by atoms with van der Waals surface area (Å²) in [5.41, 5.74) is 2.60. The van der Waals surface area contributed by atoms with Crippen molar-refractivity contribution in [3.05, 3.63) is 29.6 Å². The van der Waals surface area contributed by atoms with Crippen LogP contribution in [0.1, 0.15) is 49.9 Å². The summed E-state index contributed by atoms with van der Waals surface area (Å²) in [5, 5.41) is 0. The van der Waals surface area contributed by atoms with Crippen molar-refractivity contribution in [3.8, 4) is 0 Å². The zero-order valence-corrected chi connectivity index (χ0v) is 10.4. The molecule has 0 aromatic carbocycles. The Morgan fingerprint density at radius 3 is 3.06 bits per heavy atom. The van der Waals surface area contributed by atoms with E-state index in [1.807, 2.05) is 6.20 Å². The minimum absolute atomic E-state index is 0.635. The third-order valence-electron chi connectivity index (χ3n) is 3.43. The first-order valence-electron chi connectivity index (χ1n) is 6.48. The molecule has 1 aliphatic heterocycles. The molecule has 0 bridgehead atoms. The molecule has 0 spiro atoms. The largest absolute Gasteiger partial charge is 0.296 e. The maximum atomic E-state index is 4.29. The van der Waals surface area contributed by atoms with Crippen molar-refractivity contribution >= 4 is 0 Å². The summed E-state index contributed by atoms with van der Waals surface area (Å²) < 4.78 is 0. The van der Waals surface area contributed by atoms with Crippen LogP contribution in [-0.4, -0.2) is 23.0 Å². The lowest BCUT2D eigenvalue weighted by molar-refractivity contribution is 0.149. The molecule has 0 amide bonds. The number of nitrogens with zero attached hydrogens (tertiary/aromatic N) is 2. The van der Waals surface area contributed by atoms with Gasteiger partial charge in [-0.1, -0.05) is 13.3 Å². The second-order valence-corrected chi connectivity index (χ2v) is 4.78. The molecule has 1 fully saturated rings. The first kappa shape index (κ1) is 11.6. The monoisotopic (exact) mass is 218 g/mol. The van der Waals surface area contributed by atoms with Crippen molar-refractivity contribution in [2.24, 2.45) is 0 Å². The summed E-state index contributed by atoms with van der Waals surface area (Å²) >= 11 is 0. The molecule has 1 aliphatic rings. The van der Waals surface area contributed by atoms with Crippen molar-refractivity contribution in [2.75, 3.05) is 13.1 Å². The number of aromatic nitrogens is 1. The molecule has 1 atom stereocenters. The third kappa shape index (κ3) is 2.62. The molecule has 0 unspecified atom stereocenters. The Morgan fingerprint density at radius 2 is 2.31 bits per heavy atom. The van der Waals surface area contributed by atoms with E-state index in [4.69, 9.17) is 0 Å². The predicted octanol–water partition coefficient (Wildman–Crippen LogP) is 3.33. The number of piperidine rings is 1. The summed E-state index contributed by atoms with van der Waals surface area (Å²) in [4.78, 5) is 6.92. The van der Waals surface area contributed by atoms with E-state index in [9.17, 15) is 0 Å². The topological polar surface area (TPSA) is 16.1 Å². The molecule has 1 aromatic rings. The Kier molecular flexibility index (Phi) is 3.94. The standard InChI is InChI=1S/C14H22N2/c1-3-9-16-10-5-4-6-14(16)13-7-8-15-12(2)11-13/h7-8,11,14H,3-6,9-10H2,1-2H3/t14-/m1/s1. The van der Waals surface area contributed by atoms with E-state index in [1.165, 1.54) is 44.3 Å². The van der Waals surface area contributed by atoms with Gasteiger partial charge in [0.15, 0.2) is 0 Å². The minimum atomic E-state index is 0.635. The average Bonchev–Trinajstić information content (AvgIpc) is 2.30. The lowest BCUT2D eigenvalue weighted by Crippen LogP contribution is -2.34. The summed E-state index contributed by atoms with van der Waals surface area (Å²) in [5.74, 6) is 0. The van der Waals surface area contributed by atoms with Crippen LogP contribution < -0.4 is 0 Å². The van der Waals surface area contributed by atoms with Crippen LogP contribution in [0.5, 0.6) is 0 Å². The van der Waals surface area contributed by atoms with Gasteiger partial charge in [-0.2, -0.15) is 0 Å². The Balaban J connectivity index is 2.16. The van der Waals surface area contributed by atoms with E-state index in [0.717, 1.165) is 5.69 Å². The van der Waals surface area contributed by atoms with Crippen LogP contribution in [0.15, 0.2) is 18.3 Å². The maximum Gasteiger partial charge on any atom is 0.0375 e. The first-order valence-corrected chi connectivity index (χ1v) is 6.48.